The number of hydrogen-bond donors (Lipinski definition) is 0. The molecule has 0 fully saturated rings. The Morgan fingerprint density at radius 1 is 0.917 bits per heavy atom. The summed E-state index contributed by atoms with van der Waals surface area (Å²) in [4.78, 5) is 46.4. The van der Waals surface area contributed by atoms with Crippen LogP contribution in [0.3, 0.4) is 0 Å². The fourth-order valence-corrected chi connectivity index (χ4v) is 5.05. The topological polar surface area (TPSA) is 68.3 Å². The van der Waals surface area contributed by atoms with Crippen LogP contribution < -0.4 is 0 Å². The predicted molar refractivity (Wildman–Crippen MR) is 151 cm³/mol. The van der Waals surface area contributed by atoms with Gasteiger partial charge in [-0.15, -0.1) is 0 Å². The Kier molecular flexibility index (Phi) is 18.0. The first-order valence-corrected chi connectivity index (χ1v) is 14.2. The van der Waals surface area contributed by atoms with Gasteiger partial charge in [0.05, 0.1) is 6.42 Å². The Morgan fingerprint density at radius 2 is 1.53 bits per heavy atom. The van der Waals surface area contributed by atoms with Crippen LogP contribution in [0.5, 0.6) is 0 Å². The molecule has 36 heavy (non-hydrogen) atoms. The van der Waals surface area contributed by atoms with E-state index in [-0.39, 0.29) is 41.4 Å². The van der Waals surface area contributed by atoms with E-state index in [0.717, 1.165) is 48.8 Å². The lowest BCUT2D eigenvalue weighted by Gasteiger charge is -2.31. The van der Waals surface area contributed by atoms with Gasteiger partial charge in [0.1, 0.15) is 17.3 Å². The van der Waals surface area contributed by atoms with Crippen molar-refractivity contribution >= 4 is 23.1 Å². The standard InChI is InChI=1S/C23H32O3.C5H12.C4H8O/c1-5-8-18(20(6-2)21(25)11-16(4)24)12-17-13-19-10-7-9-15(3)23(19)22(26)14-17;1-3-5-4-2;1-3-4(2)5/h7,9-10,17-18,20H,5-6,8,11-14H2,1-4H3;3-5H2,1-2H3;3H2,1-2H3. The highest BCUT2D eigenvalue weighted by Gasteiger charge is 2.32. The van der Waals surface area contributed by atoms with Crippen LogP contribution in [0.25, 0.3) is 0 Å². The number of hydrogen-bond acceptors (Lipinski definition) is 4. The van der Waals surface area contributed by atoms with E-state index >= 15 is 0 Å². The van der Waals surface area contributed by atoms with Gasteiger partial charge >= 0.3 is 0 Å². The van der Waals surface area contributed by atoms with Gasteiger partial charge in [-0.3, -0.25) is 14.4 Å². The van der Waals surface area contributed by atoms with E-state index in [1.807, 2.05) is 32.9 Å². The minimum atomic E-state index is -0.0622. The fourth-order valence-electron chi connectivity index (χ4n) is 5.05. The van der Waals surface area contributed by atoms with Crippen molar-refractivity contribution in [2.24, 2.45) is 17.8 Å². The monoisotopic (exact) mass is 500 g/mol. The summed E-state index contributed by atoms with van der Waals surface area (Å²) in [7, 11) is 0. The summed E-state index contributed by atoms with van der Waals surface area (Å²) in [6, 6.07) is 6.10. The summed E-state index contributed by atoms with van der Waals surface area (Å²) in [5, 5.41) is 0. The minimum Gasteiger partial charge on any atom is -0.300 e. The minimum absolute atomic E-state index is 0.0460. The van der Waals surface area contributed by atoms with Crippen LogP contribution in [0.15, 0.2) is 18.2 Å². The molecule has 1 aromatic carbocycles. The first-order valence-electron chi connectivity index (χ1n) is 14.2. The number of Topliss-reactive ketones (excluding diaryl/α,β-unsaturated/α-hetero) is 4. The Bertz CT molecular complexity index is 821. The molecule has 0 amide bonds. The normalized spacial score (nSPS) is 15.9. The largest absolute Gasteiger partial charge is 0.300 e. The maximum absolute atomic E-state index is 12.7. The zero-order valence-electron chi connectivity index (χ0n) is 24.4. The van der Waals surface area contributed by atoms with Gasteiger partial charge in [0.15, 0.2) is 5.78 Å². The van der Waals surface area contributed by atoms with Crippen LogP contribution in [0, 0.1) is 24.7 Å². The Balaban J connectivity index is 0.00000104. The first-order chi connectivity index (χ1) is 17.1. The van der Waals surface area contributed by atoms with E-state index in [9.17, 15) is 19.2 Å². The van der Waals surface area contributed by atoms with Gasteiger partial charge in [0, 0.05) is 24.3 Å². The summed E-state index contributed by atoms with van der Waals surface area (Å²) in [6.07, 6.45) is 9.95. The van der Waals surface area contributed by atoms with Crippen molar-refractivity contribution in [3.63, 3.8) is 0 Å². The lowest BCUT2D eigenvalue weighted by atomic mass is 9.72. The molecule has 204 valence electrons. The van der Waals surface area contributed by atoms with E-state index in [4.69, 9.17) is 0 Å². The highest BCUT2D eigenvalue weighted by Crippen LogP contribution is 2.36. The molecule has 3 atom stereocenters. The number of rotatable bonds is 12. The van der Waals surface area contributed by atoms with E-state index in [2.05, 4.69) is 26.8 Å². The molecule has 1 aromatic rings. The number of unbranched alkanes of at least 4 members (excludes halogenated alkanes) is 2. The molecule has 0 aliphatic heterocycles. The van der Waals surface area contributed by atoms with Crippen molar-refractivity contribution in [3.05, 3.63) is 34.9 Å². The number of benzene rings is 1. The Hall–Kier alpha value is -2.10. The van der Waals surface area contributed by atoms with Crippen LogP contribution in [-0.4, -0.2) is 23.1 Å². The summed E-state index contributed by atoms with van der Waals surface area (Å²) in [5.74, 6) is 1.02. The molecule has 4 nitrogen and oxygen atoms in total. The van der Waals surface area contributed by atoms with E-state index < -0.39 is 0 Å². The smallest absolute Gasteiger partial charge is 0.163 e. The van der Waals surface area contributed by atoms with Crippen molar-refractivity contribution in [1.29, 1.82) is 0 Å². The molecule has 0 aromatic heterocycles. The fraction of sp³-hybridized carbons (Fsp3) is 0.688. The van der Waals surface area contributed by atoms with Crippen molar-refractivity contribution in [1.82, 2.24) is 0 Å². The molecule has 0 N–H and O–H groups in total. The van der Waals surface area contributed by atoms with Gasteiger partial charge in [-0.25, -0.2) is 0 Å². The highest BCUT2D eigenvalue weighted by molar-refractivity contribution is 6.00. The molecule has 1 aliphatic carbocycles. The summed E-state index contributed by atoms with van der Waals surface area (Å²) < 4.78 is 0. The molecule has 2 rings (SSSR count). The van der Waals surface area contributed by atoms with Crippen LogP contribution in [0.1, 0.15) is 134 Å². The van der Waals surface area contributed by atoms with Gasteiger partial charge in [-0.2, -0.15) is 0 Å². The Labute approximate surface area is 221 Å². The van der Waals surface area contributed by atoms with Gasteiger partial charge in [0.25, 0.3) is 0 Å². The second-order valence-corrected chi connectivity index (χ2v) is 10.4. The number of carbonyl (C=O) groups is 4. The van der Waals surface area contributed by atoms with Gasteiger partial charge in [-0.05, 0) is 63.0 Å². The lowest BCUT2D eigenvalue weighted by Crippen LogP contribution is -2.29. The van der Waals surface area contributed by atoms with Gasteiger partial charge in [0.2, 0.25) is 0 Å². The maximum atomic E-state index is 12.7. The molecule has 0 saturated carbocycles. The van der Waals surface area contributed by atoms with Crippen LogP contribution >= 0.6 is 0 Å². The van der Waals surface area contributed by atoms with Crippen LogP contribution in [0.2, 0.25) is 0 Å². The van der Waals surface area contributed by atoms with Gasteiger partial charge in [-0.1, -0.05) is 84.9 Å². The van der Waals surface area contributed by atoms with Gasteiger partial charge < -0.3 is 4.79 Å². The third-order valence-corrected chi connectivity index (χ3v) is 6.97. The summed E-state index contributed by atoms with van der Waals surface area (Å²) in [5.41, 5.74) is 3.14. The summed E-state index contributed by atoms with van der Waals surface area (Å²) in [6.45, 7) is 15.5. The molecular weight excluding hydrogens is 448 g/mol. The summed E-state index contributed by atoms with van der Waals surface area (Å²) >= 11 is 0. The number of aryl methyl sites for hydroxylation is 1. The quantitative estimate of drug-likeness (QED) is 0.271. The number of carbonyl (C=O) groups excluding carboxylic acids is 4. The average molecular weight is 501 g/mol. The second kappa shape index (κ2) is 19.1. The lowest BCUT2D eigenvalue weighted by molar-refractivity contribution is -0.130. The van der Waals surface area contributed by atoms with E-state index in [1.54, 1.807) is 6.92 Å². The maximum Gasteiger partial charge on any atom is 0.163 e. The van der Waals surface area contributed by atoms with E-state index in [0.29, 0.717) is 18.8 Å². The zero-order chi connectivity index (χ0) is 27.7. The molecule has 0 spiro atoms. The molecule has 1 aliphatic rings. The van der Waals surface area contributed by atoms with Crippen LogP contribution in [0.4, 0.5) is 0 Å². The molecular formula is C32H52O4. The van der Waals surface area contributed by atoms with Crippen LogP contribution in [-0.2, 0) is 20.8 Å². The molecule has 0 saturated heterocycles. The predicted octanol–water partition coefficient (Wildman–Crippen LogP) is 8.30. The molecule has 0 radical (unpaired) electrons. The number of ketones is 4. The van der Waals surface area contributed by atoms with Crippen molar-refractivity contribution in [2.75, 3.05) is 0 Å². The SMILES string of the molecule is CCC(C)=O.CCCC(CC1CC(=O)c2c(C)cccc2C1)C(CC)C(=O)CC(C)=O.CCCCC. The molecule has 3 unspecified atom stereocenters. The third-order valence-electron chi connectivity index (χ3n) is 6.97. The van der Waals surface area contributed by atoms with Crippen molar-refractivity contribution < 1.29 is 19.2 Å². The van der Waals surface area contributed by atoms with Crippen molar-refractivity contribution in [2.45, 2.75) is 126 Å². The highest BCUT2D eigenvalue weighted by atomic mass is 16.1. The first kappa shape index (κ1) is 33.9. The average Bonchev–Trinajstić information content (AvgIpc) is 2.80. The molecule has 4 heteroatoms. The zero-order valence-corrected chi connectivity index (χ0v) is 24.4. The third kappa shape index (κ3) is 12.7. The molecule has 0 heterocycles. The second-order valence-electron chi connectivity index (χ2n) is 10.4. The number of fused-ring (bicyclic) bond motifs is 1. The Morgan fingerprint density at radius 3 is 1.97 bits per heavy atom. The molecule has 0 bridgehead atoms. The van der Waals surface area contributed by atoms with Crippen molar-refractivity contribution in [3.8, 4) is 0 Å². The van der Waals surface area contributed by atoms with E-state index in [1.165, 1.54) is 26.2 Å².